The van der Waals surface area contributed by atoms with E-state index < -0.39 is 23.7 Å². The Morgan fingerprint density at radius 2 is 1.74 bits per heavy atom. The van der Waals surface area contributed by atoms with Crippen molar-refractivity contribution >= 4 is 52.7 Å². The predicted molar refractivity (Wildman–Crippen MR) is 103 cm³/mol. The first-order valence-corrected chi connectivity index (χ1v) is 9.51. The van der Waals surface area contributed by atoms with Crippen LogP contribution in [0.25, 0.3) is 0 Å². The van der Waals surface area contributed by atoms with Crippen molar-refractivity contribution in [3.05, 3.63) is 26.7 Å². The monoisotopic (exact) mass is 438 g/mol. The molecule has 1 aromatic carbocycles. The standard InChI is InChI=1S/C18H21Cl3O6/c1-4-10(6-5-9(2)3)8-26-17(24)13-14(21)11(19)7-12(20)15(13)27-18(25)16(22)23/h7,9-10H,4-6,8H2,1-3H3,(H,22,23). The van der Waals surface area contributed by atoms with E-state index in [1.165, 1.54) is 0 Å². The quantitative estimate of drug-likeness (QED) is 0.257. The third kappa shape index (κ3) is 6.87. The molecule has 0 aliphatic rings. The zero-order valence-corrected chi connectivity index (χ0v) is 17.5. The molecule has 27 heavy (non-hydrogen) atoms. The molecule has 1 rings (SSSR count). The third-order valence-corrected chi connectivity index (χ3v) is 4.95. The zero-order chi connectivity index (χ0) is 20.7. The van der Waals surface area contributed by atoms with Gasteiger partial charge in [-0.05, 0) is 24.3 Å². The summed E-state index contributed by atoms with van der Waals surface area (Å²) in [5.41, 5.74) is -0.387. The molecule has 0 spiro atoms. The van der Waals surface area contributed by atoms with Crippen LogP contribution < -0.4 is 4.74 Å². The molecule has 0 heterocycles. The van der Waals surface area contributed by atoms with Crippen LogP contribution in [0.5, 0.6) is 5.75 Å². The van der Waals surface area contributed by atoms with Crippen molar-refractivity contribution in [1.82, 2.24) is 0 Å². The van der Waals surface area contributed by atoms with Crippen LogP contribution >= 0.6 is 34.8 Å². The molecule has 1 atom stereocenters. The first-order valence-electron chi connectivity index (χ1n) is 8.38. The molecule has 1 aromatic rings. The van der Waals surface area contributed by atoms with Crippen LogP contribution in [-0.4, -0.2) is 29.6 Å². The van der Waals surface area contributed by atoms with Gasteiger partial charge >= 0.3 is 17.9 Å². The lowest BCUT2D eigenvalue weighted by atomic mass is 9.96. The smallest absolute Gasteiger partial charge is 0.422 e. The van der Waals surface area contributed by atoms with E-state index in [4.69, 9.17) is 49.4 Å². The van der Waals surface area contributed by atoms with Crippen LogP contribution in [0.1, 0.15) is 50.4 Å². The maximum Gasteiger partial charge on any atom is 0.422 e. The topological polar surface area (TPSA) is 89.9 Å². The maximum atomic E-state index is 12.5. The lowest BCUT2D eigenvalue weighted by molar-refractivity contribution is -0.158. The summed E-state index contributed by atoms with van der Waals surface area (Å²) in [5, 5.41) is 8.17. The summed E-state index contributed by atoms with van der Waals surface area (Å²) in [7, 11) is 0. The van der Waals surface area contributed by atoms with E-state index in [0.29, 0.717) is 5.92 Å². The number of halogens is 3. The highest BCUT2D eigenvalue weighted by Gasteiger charge is 2.28. The molecule has 6 nitrogen and oxygen atoms in total. The highest BCUT2D eigenvalue weighted by Crippen LogP contribution is 2.40. The van der Waals surface area contributed by atoms with E-state index >= 15 is 0 Å². The number of hydrogen-bond acceptors (Lipinski definition) is 5. The van der Waals surface area contributed by atoms with Gasteiger partial charge in [-0.2, -0.15) is 0 Å². The van der Waals surface area contributed by atoms with Crippen molar-refractivity contribution in [2.24, 2.45) is 11.8 Å². The number of aliphatic carboxylic acids is 1. The second kappa shape index (κ2) is 10.7. The van der Waals surface area contributed by atoms with Gasteiger partial charge in [-0.3, -0.25) is 0 Å². The van der Waals surface area contributed by atoms with Crippen molar-refractivity contribution in [2.45, 2.75) is 40.0 Å². The molecule has 0 aromatic heterocycles. The van der Waals surface area contributed by atoms with Crippen molar-refractivity contribution in [2.75, 3.05) is 6.61 Å². The van der Waals surface area contributed by atoms with Crippen LogP contribution in [0.3, 0.4) is 0 Å². The van der Waals surface area contributed by atoms with Crippen LogP contribution in [0.2, 0.25) is 15.1 Å². The lowest BCUT2D eigenvalue weighted by Crippen LogP contribution is -2.22. The fourth-order valence-electron chi connectivity index (χ4n) is 2.24. The minimum atomic E-state index is -1.85. The second-order valence-electron chi connectivity index (χ2n) is 6.40. The zero-order valence-electron chi connectivity index (χ0n) is 15.2. The number of ether oxygens (including phenoxy) is 2. The van der Waals surface area contributed by atoms with Gasteiger partial charge in [-0.15, -0.1) is 0 Å². The normalized spacial score (nSPS) is 12.0. The molecule has 0 amide bonds. The minimum absolute atomic E-state index is 0.0596. The number of carbonyl (C=O) groups excluding carboxylic acids is 2. The SMILES string of the molecule is CCC(CCC(C)C)COC(=O)c1c(Cl)c(Cl)cc(Cl)c1OC(=O)C(=O)O. The Bertz CT molecular complexity index is 718. The van der Waals surface area contributed by atoms with E-state index in [9.17, 15) is 14.4 Å². The van der Waals surface area contributed by atoms with Gasteiger partial charge in [0.25, 0.3) is 0 Å². The number of hydrogen-bond donors (Lipinski definition) is 1. The van der Waals surface area contributed by atoms with Crippen LogP contribution in [0.15, 0.2) is 6.07 Å². The average molecular weight is 440 g/mol. The van der Waals surface area contributed by atoms with E-state index in [-0.39, 0.29) is 33.2 Å². The van der Waals surface area contributed by atoms with E-state index in [2.05, 4.69) is 13.8 Å². The summed E-state index contributed by atoms with van der Waals surface area (Å²) in [5.74, 6) is -4.20. The first kappa shape index (κ1) is 23.5. The molecule has 0 radical (unpaired) electrons. The van der Waals surface area contributed by atoms with Gasteiger partial charge in [0.1, 0.15) is 5.56 Å². The molecule has 0 fully saturated rings. The number of carboxylic acid groups (broad SMARTS) is 1. The van der Waals surface area contributed by atoms with Crippen molar-refractivity contribution in [1.29, 1.82) is 0 Å². The van der Waals surface area contributed by atoms with Crippen LogP contribution in [-0.2, 0) is 14.3 Å². The molecular formula is C18H21Cl3O6. The van der Waals surface area contributed by atoms with Gasteiger partial charge < -0.3 is 14.6 Å². The molecule has 0 aliphatic heterocycles. The Morgan fingerprint density at radius 1 is 1.11 bits per heavy atom. The molecule has 0 saturated carbocycles. The highest BCUT2D eigenvalue weighted by molar-refractivity contribution is 6.46. The molecule has 0 bridgehead atoms. The maximum absolute atomic E-state index is 12.5. The molecule has 150 valence electrons. The van der Waals surface area contributed by atoms with Gasteiger partial charge in [0, 0.05) is 0 Å². The molecular weight excluding hydrogens is 419 g/mol. The Hall–Kier alpha value is -1.50. The van der Waals surface area contributed by atoms with Crippen molar-refractivity contribution in [3.63, 3.8) is 0 Å². The fourth-order valence-corrected chi connectivity index (χ4v) is 2.96. The van der Waals surface area contributed by atoms with Crippen molar-refractivity contribution in [3.8, 4) is 5.75 Å². The van der Waals surface area contributed by atoms with Gasteiger partial charge in [0.2, 0.25) is 0 Å². The van der Waals surface area contributed by atoms with Gasteiger partial charge in [-0.25, -0.2) is 14.4 Å². The summed E-state index contributed by atoms with van der Waals surface area (Å²) in [4.78, 5) is 34.7. The second-order valence-corrected chi connectivity index (χ2v) is 7.59. The summed E-state index contributed by atoms with van der Waals surface area (Å²) >= 11 is 17.9. The van der Waals surface area contributed by atoms with E-state index in [0.717, 1.165) is 25.3 Å². The van der Waals surface area contributed by atoms with Gasteiger partial charge in [0.15, 0.2) is 5.75 Å². The fraction of sp³-hybridized carbons (Fsp3) is 0.500. The highest BCUT2D eigenvalue weighted by atomic mass is 35.5. The van der Waals surface area contributed by atoms with Crippen LogP contribution in [0, 0.1) is 11.8 Å². The largest absolute Gasteiger partial charge is 0.473 e. The number of carbonyl (C=O) groups is 3. The summed E-state index contributed by atoms with van der Waals surface area (Å²) in [6.45, 7) is 6.34. The average Bonchev–Trinajstić information content (AvgIpc) is 2.59. The van der Waals surface area contributed by atoms with Gasteiger partial charge in [0.05, 0.1) is 21.7 Å². The lowest BCUT2D eigenvalue weighted by Gasteiger charge is -2.18. The Labute approximate surface area is 172 Å². The first-order chi connectivity index (χ1) is 12.6. The molecule has 1 unspecified atom stereocenters. The molecule has 1 N–H and O–H groups in total. The molecule has 0 aliphatic carbocycles. The number of rotatable bonds is 8. The summed E-state index contributed by atoms with van der Waals surface area (Å²) < 4.78 is 10.0. The number of benzene rings is 1. The summed E-state index contributed by atoms with van der Waals surface area (Å²) in [6.07, 6.45) is 2.68. The van der Waals surface area contributed by atoms with E-state index in [1.54, 1.807) is 0 Å². The van der Waals surface area contributed by atoms with Gasteiger partial charge in [-0.1, -0.05) is 68.4 Å². The Kier molecular flexibility index (Phi) is 9.36. The summed E-state index contributed by atoms with van der Waals surface area (Å²) in [6, 6.07) is 1.14. The minimum Gasteiger partial charge on any atom is -0.473 e. The third-order valence-electron chi connectivity index (χ3n) is 3.88. The van der Waals surface area contributed by atoms with Crippen LogP contribution in [0.4, 0.5) is 0 Å². The Balaban J connectivity index is 3.06. The number of esters is 2. The predicted octanol–water partition coefficient (Wildman–Crippen LogP) is 5.26. The van der Waals surface area contributed by atoms with E-state index in [1.807, 2.05) is 6.92 Å². The Morgan fingerprint density at radius 3 is 2.26 bits per heavy atom. The number of carboxylic acids is 1. The molecule has 0 saturated heterocycles. The van der Waals surface area contributed by atoms with Crippen molar-refractivity contribution < 1.29 is 29.0 Å². The molecule has 9 heteroatoms.